The van der Waals surface area contributed by atoms with Gasteiger partial charge in [0, 0.05) is 5.69 Å². The van der Waals surface area contributed by atoms with Crippen molar-refractivity contribution in [3.63, 3.8) is 0 Å². The van der Waals surface area contributed by atoms with E-state index in [9.17, 15) is 14.7 Å². The van der Waals surface area contributed by atoms with Crippen LogP contribution in [0, 0.1) is 0 Å². The number of aromatic amines is 1. The second kappa shape index (κ2) is 9.52. The van der Waals surface area contributed by atoms with Gasteiger partial charge in [-0.15, -0.1) is 0 Å². The number of nitrogens with one attached hydrogen (secondary N) is 3. The zero-order valence-electron chi connectivity index (χ0n) is 16.0. The van der Waals surface area contributed by atoms with Crippen LogP contribution in [-0.2, 0) is 0 Å². The van der Waals surface area contributed by atoms with Crippen LogP contribution in [0.1, 0.15) is 12.5 Å². The molecule has 1 heterocycles. The van der Waals surface area contributed by atoms with Gasteiger partial charge >= 0.3 is 5.69 Å². The van der Waals surface area contributed by atoms with Crippen LogP contribution in [0.4, 0.5) is 5.69 Å². The average molecular weight is 425 g/mol. The first-order chi connectivity index (χ1) is 14.5. The van der Waals surface area contributed by atoms with Gasteiger partial charge in [0.1, 0.15) is 11.3 Å². The maximum absolute atomic E-state index is 12.4. The standard InChI is InChI=1S/C20H19N5O4S/c1-2-29-16-11-7-6-10-15(16)25-18(27)14(17(26)23-20(25)28)12-21-24-19(30)22-13-8-4-3-5-9-13/h3-12,27H,2H2,1H3,(H2,22,24,30)(H,23,26,28)/b21-12+. The number of rotatable bonds is 6. The van der Waals surface area contributed by atoms with Gasteiger partial charge in [-0.2, -0.15) is 5.10 Å². The third-order valence-corrected chi connectivity index (χ3v) is 4.11. The molecule has 3 rings (SSSR count). The summed E-state index contributed by atoms with van der Waals surface area (Å²) in [6.07, 6.45) is 1.08. The van der Waals surface area contributed by atoms with Crippen molar-refractivity contribution >= 4 is 29.2 Å². The highest BCUT2D eigenvalue weighted by Gasteiger charge is 2.17. The zero-order valence-corrected chi connectivity index (χ0v) is 16.8. The minimum atomic E-state index is -0.809. The number of ether oxygens (including phenoxy) is 1. The van der Waals surface area contributed by atoms with Crippen molar-refractivity contribution in [2.45, 2.75) is 6.92 Å². The van der Waals surface area contributed by atoms with Crippen molar-refractivity contribution in [3.8, 4) is 17.3 Å². The number of H-pyrrole nitrogens is 1. The lowest BCUT2D eigenvalue weighted by molar-refractivity contribution is 0.336. The zero-order chi connectivity index (χ0) is 21.5. The summed E-state index contributed by atoms with van der Waals surface area (Å²) in [6, 6.07) is 15.8. The smallest absolute Gasteiger partial charge is 0.335 e. The first-order valence-electron chi connectivity index (χ1n) is 8.97. The van der Waals surface area contributed by atoms with Crippen LogP contribution in [0.15, 0.2) is 69.3 Å². The minimum absolute atomic E-state index is 0.184. The highest BCUT2D eigenvalue weighted by atomic mass is 32.1. The number of nitrogens with zero attached hydrogens (tertiary/aromatic N) is 2. The van der Waals surface area contributed by atoms with Gasteiger partial charge < -0.3 is 15.2 Å². The molecule has 30 heavy (non-hydrogen) atoms. The lowest BCUT2D eigenvalue weighted by atomic mass is 10.2. The Morgan fingerprint density at radius 3 is 2.63 bits per heavy atom. The third kappa shape index (κ3) is 4.73. The highest BCUT2D eigenvalue weighted by Crippen LogP contribution is 2.25. The fourth-order valence-electron chi connectivity index (χ4n) is 2.63. The molecule has 0 amide bonds. The van der Waals surface area contributed by atoms with E-state index in [4.69, 9.17) is 17.0 Å². The third-order valence-electron chi connectivity index (χ3n) is 3.92. The number of hydrogen-bond donors (Lipinski definition) is 4. The van der Waals surface area contributed by atoms with Crippen LogP contribution < -0.4 is 26.7 Å². The number of benzene rings is 2. The highest BCUT2D eigenvalue weighted by molar-refractivity contribution is 7.80. The van der Waals surface area contributed by atoms with Gasteiger partial charge in [-0.3, -0.25) is 15.2 Å². The van der Waals surface area contributed by atoms with Crippen LogP contribution in [0.3, 0.4) is 0 Å². The summed E-state index contributed by atoms with van der Waals surface area (Å²) >= 11 is 5.13. The number of hydrazone groups is 1. The fraction of sp³-hybridized carbons (Fsp3) is 0.100. The van der Waals surface area contributed by atoms with E-state index >= 15 is 0 Å². The Labute approximate surface area is 176 Å². The SMILES string of the molecule is CCOc1ccccc1-n1c(O)c(/C=N/NC(=S)Nc2ccccc2)c(=O)[nH]c1=O. The van der Waals surface area contributed by atoms with Gasteiger partial charge in [-0.25, -0.2) is 9.36 Å². The summed E-state index contributed by atoms with van der Waals surface area (Å²) in [5, 5.41) is 17.6. The maximum Gasteiger partial charge on any atom is 0.335 e. The van der Waals surface area contributed by atoms with Crippen molar-refractivity contribution in [1.82, 2.24) is 15.0 Å². The molecule has 9 nitrogen and oxygen atoms in total. The average Bonchev–Trinajstić information content (AvgIpc) is 2.72. The van der Waals surface area contributed by atoms with E-state index in [1.54, 1.807) is 31.2 Å². The van der Waals surface area contributed by atoms with Crippen LogP contribution in [-0.4, -0.2) is 32.6 Å². The molecule has 0 radical (unpaired) electrons. The summed E-state index contributed by atoms with van der Waals surface area (Å²) in [5.41, 5.74) is 1.76. The Morgan fingerprint density at radius 2 is 1.90 bits per heavy atom. The summed E-state index contributed by atoms with van der Waals surface area (Å²) in [5.74, 6) is -0.206. The number of aromatic nitrogens is 2. The molecule has 0 unspecified atom stereocenters. The van der Waals surface area contributed by atoms with Crippen molar-refractivity contribution in [2.75, 3.05) is 11.9 Å². The molecule has 0 bridgehead atoms. The molecule has 1 aromatic heterocycles. The quantitative estimate of drug-likeness (QED) is 0.271. The Bertz CT molecular complexity index is 1190. The van der Waals surface area contributed by atoms with E-state index in [0.717, 1.165) is 16.5 Å². The number of para-hydroxylation sites is 3. The van der Waals surface area contributed by atoms with Gasteiger partial charge in [0.05, 0.1) is 18.5 Å². The summed E-state index contributed by atoms with van der Waals surface area (Å²) in [4.78, 5) is 26.7. The predicted molar refractivity (Wildman–Crippen MR) is 119 cm³/mol. The summed E-state index contributed by atoms with van der Waals surface area (Å²) in [7, 11) is 0. The molecule has 154 valence electrons. The van der Waals surface area contributed by atoms with Crippen LogP contribution in [0.5, 0.6) is 11.6 Å². The topological polar surface area (TPSA) is 121 Å². The van der Waals surface area contributed by atoms with Crippen molar-refractivity contribution in [2.24, 2.45) is 5.10 Å². The summed E-state index contributed by atoms with van der Waals surface area (Å²) < 4.78 is 6.45. The molecule has 10 heteroatoms. The lowest BCUT2D eigenvalue weighted by Crippen LogP contribution is -2.32. The molecule has 0 aliphatic rings. The first-order valence-corrected chi connectivity index (χ1v) is 9.37. The molecule has 0 aliphatic carbocycles. The molecular weight excluding hydrogens is 406 g/mol. The van der Waals surface area contributed by atoms with Crippen molar-refractivity contribution < 1.29 is 9.84 Å². The molecule has 3 aromatic rings. The molecular formula is C20H19N5O4S. The fourth-order valence-corrected chi connectivity index (χ4v) is 2.80. The lowest BCUT2D eigenvalue weighted by Gasteiger charge is -2.14. The molecule has 0 atom stereocenters. The summed E-state index contributed by atoms with van der Waals surface area (Å²) in [6.45, 7) is 2.16. The second-order valence-corrected chi connectivity index (χ2v) is 6.33. The Morgan fingerprint density at radius 1 is 1.20 bits per heavy atom. The Balaban J connectivity index is 1.89. The van der Waals surface area contributed by atoms with E-state index in [0.29, 0.717) is 12.4 Å². The Hall–Kier alpha value is -3.92. The number of anilines is 1. The van der Waals surface area contributed by atoms with Crippen LogP contribution in [0.25, 0.3) is 5.69 Å². The Kier molecular flexibility index (Phi) is 6.60. The molecule has 0 saturated carbocycles. The monoisotopic (exact) mass is 425 g/mol. The predicted octanol–water partition coefficient (Wildman–Crippen LogP) is 1.95. The van der Waals surface area contributed by atoms with Gasteiger partial charge in [0.15, 0.2) is 5.11 Å². The molecule has 2 aromatic carbocycles. The normalized spacial score (nSPS) is 10.7. The van der Waals surface area contributed by atoms with E-state index in [1.807, 2.05) is 30.3 Å². The van der Waals surface area contributed by atoms with Gasteiger partial charge in [0.2, 0.25) is 5.88 Å². The van der Waals surface area contributed by atoms with Crippen LogP contribution >= 0.6 is 12.2 Å². The van der Waals surface area contributed by atoms with Crippen molar-refractivity contribution in [1.29, 1.82) is 0 Å². The van der Waals surface area contributed by atoms with E-state index in [1.165, 1.54) is 0 Å². The van der Waals surface area contributed by atoms with E-state index in [2.05, 4.69) is 20.8 Å². The van der Waals surface area contributed by atoms with Crippen molar-refractivity contribution in [3.05, 3.63) is 81.0 Å². The van der Waals surface area contributed by atoms with E-state index in [-0.39, 0.29) is 16.4 Å². The molecule has 0 spiro atoms. The van der Waals surface area contributed by atoms with Gasteiger partial charge in [-0.1, -0.05) is 30.3 Å². The second-order valence-electron chi connectivity index (χ2n) is 5.92. The first kappa shape index (κ1) is 20.8. The maximum atomic E-state index is 12.4. The van der Waals surface area contributed by atoms with Gasteiger partial charge in [-0.05, 0) is 43.4 Å². The molecule has 0 saturated heterocycles. The molecule has 0 fully saturated rings. The molecule has 4 N–H and O–H groups in total. The van der Waals surface area contributed by atoms with Crippen LogP contribution in [0.2, 0.25) is 0 Å². The largest absolute Gasteiger partial charge is 0.493 e. The number of aromatic hydroxyl groups is 1. The number of thiocarbonyl (C=S) groups is 1. The minimum Gasteiger partial charge on any atom is -0.493 e. The van der Waals surface area contributed by atoms with E-state index < -0.39 is 17.1 Å². The molecule has 0 aliphatic heterocycles. The number of hydrogen-bond acceptors (Lipinski definition) is 6. The van der Waals surface area contributed by atoms with Gasteiger partial charge in [0.25, 0.3) is 5.56 Å².